The lowest BCUT2D eigenvalue weighted by molar-refractivity contribution is -0.120. The van der Waals surface area contributed by atoms with E-state index in [4.69, 9.17) is 5.73 Å². The van der Waals surface area contributed by atoms with Gasteiger partial charge in [0.25, 0.3) is 0 Å². The van der Waals surface area contributed by atoms with Crippen LogP contribution in [0.5, 0.6) is 0 Å². The van der Waals surface area contributed by atoms with Crippen LogP contribution >= 0.6 is 0 Å². The third kappa shape index (κ3) is 3.49. The number of aryl methyl sites for hydroxylation is 1. The van der Waals surface area contributed by atoms with Gasteiger partial charge in [0.1, 0.15) is 5.82 Å². The van der Waals surface area contributed by atoms with Crippen molar-refractivity contribution in [3.05, 3.63) is 42.7 Å². The number of nitrogens with two attached hydrogens (primary N) is 1. The fourth-order valence-electron chi connectivity index (χ4n) is 2.45. The molecule has 1 aromatic heterocycles. The average Bonchev–Trinajstić information content (AvgIpc) is 3.19. The molecule has 5 heteroatoms. The summed E-state index contributed by atoms with van der Waals surface area (Å²) >= 11 is 0. The molecule has 110 valence electrons. The molecule has 5 nitrogen and oxygen atoms in total. The number of nitrogens with one attached hydrogen (secondary N) is 1. The molecule has 0 bridgehead atoms. The topological polar surface area (TPSA) is 72.9 Å². The minimum absolute atomic E-state index is 0.261. The first-order valence-electron chi connectivity index (χ1n) is 7.36. The highest BCUT2D eigenvalue weighted by Gasteiger charge is 2.27. The number of primary amides is 1. The third-order valence-electron chi connectivity index (χ3n) is 3.76. The van der Waals surface area contributed by atoms with Crippen LogP contribution in [0, 0.1) is 0 Å². The SMILES string of the molecule is NC(=O)C(CCn1ccnc1-c1ccccc1)NC1CC1. The molecule has 21 heavy (non-hydrogen) atoms. The summed E-state index contributed by atoms with van der Waals surface area (Å²) in [6.45, 7) is 0.720. The molecule has 0 radical (unpaired) electrons. The number of amides is 1. The van der Waals surface area contributed by atoms with E-state index in [1.807, 2.05) is 36.5 Å². The number of carbonyl (C=O) groups is 1. The van der Waals surface area contributed by atoms with E-state index in [1.165, 1.54) is 0 Å². The lowest BCUT2D eigenvalue weighted by atomic mass is 10.1. The second kappa shape index (κ2) is 6.10. The normalized spacial score (nSPS) is 15.8. The van der Waals surface area contributed by atoms with Gasteiger partial charge in [-0.1, -0.05) is 30.3 Å². The molecule has 0 saturated heterocycles. The molecular weight excluding hydrogens is 264 g/mol. The highest BCUT2D eigenvalue weighted by atomic mass is 16.1. The molecule has 1 heterocycles. The second-order valence-electron chi connectivity index (χ2n) is 5.49. The number of hydrogen-bond donors (Lipinski definition) is 2. The summed E-state index contributed by atoms with van der Waals surface area (Å²) in [4.78, 5) is 15.9. The zero-order chi connectivity index (χ0) is 14.7. The molecule has 0 aliphatic heterocycles. The average molecular weight is 284 g/mol. The van der Waals surface area contributed by atoms with Gasteiger partial charge in [-0.25, -0.2) is 4.98 Å². The van der Waals surface area contributed by atoms with Gasteiger partial charge in [0, 0.05) is 30.5 Å². The molecule has 2 aromatic rings. The largest absolute Gasteiger partial charge is 0.368 e. The molecule has 3 rings (SSSR count). The van der Waals surface area contributed by atoms with Crippen LogP contribution in [0.3, 0.4) is 0 Å². The van der Waals surface area contributed by atoms with Gasteiger partial charge in [-0.3, -0.25) is 4.79 Å². The van der Waals surface area contributed by atoms with E-state index in [0.29, 0.717) is 12.5 Å². The van der Waals surface area contributed by atoms with Crippen molar-refractivity contribution in [2.24, 2.45) is 5.73 Å². The Balaban J connectivity index is 1.67. The van der Waals surface area contributed by atoms with Crippen molar-refractivity contribution in [2.45, 2.75) is 37.9 Å². The predicted octanol–water partition coefficient (Wildman–Crippen LogP) is 1.55. The van der Waals surface area contributed by atoms with E-state index in [1.54, 1.807) is 6.20 Å². The standard InChI is InChI=1S/C16H20N4O/c17-15(21)14(19-13-6-7-13)8-10-20-11-9-18-16(20)12-4-2-1-3-5-12/h1-5,9,11,13-14,19H,6-8,10H2,(H2,17,21). The summed E-state index contributed by atoms with van der Waals surface area (Å²) in [7, 11) is 0. The Labute approximate surface area is 124 Å². The maximum atomic E-state index is 11.5. The summed E-state index contributed by atoms with van der Waals surface area (Å²) < 4.78 is 2.07. The maximum absolute atomic E-state index is 11.5. The van der Waals surface area contributed by atoms with E-state index < -0.39 is 0 Å². The van der Waals surface area contributed by atoms with Crippen molar-refractivity contribution >= 4 is 5.91 Å². The van der Waals surface area contributed by atoms with Crippen molar-refractivity contribution in [2.75, 3.05) is 0 Å². The number of nitrogens with zero attached hydrogens (tertiary/aromatic N) is 2. The molecular formula is C16H20N4O. The van der Waals surface area contributed by atoms with Gasteiger partial charge in [0.05, 0.1) is 6.04 Å². The molecule has 1 fully saturated rings. The van der Waals surface area contributed by atoms with Gasteiger partial charge < -0.3 is 15.6 Å². The van der Waals surface area contributed by atoms with Crippen LogP contribution in [0.2, 0.25) is 0 Å². The molecule has 1 atom stereocenters. The van der Waals surface area contributed by atoms with Crippen molar-refractivity contribution in [3.8, 4) is 11.4 Å². The summed E-state index contributed by atoms with van der Waals surface area (Å²) in [6, 6.07) is 10.3. The van der Waals surface area contributed by atoms with Crippen LogP contribution in [-0.4, -0.2) is 27.5 Å². The number of carbonyl (C=O) groups excluding carboxylic acids is 1. The van der Waals surface area contributed by atoms with Gasteiger partial charge >= 0.3 is 0 Å². The number of rotatable bonds is 7. The Morgan fingerprint density at radius 3 is 2.81 bits per heavy atom. The first kappa shape index (κ1) is 13.8. The Hall–Kier alpha value is -2.14. The molecule has 1 aliphatic rings. The van der Waals surface area contributed by atoms with Gasteiger partial charge in [0.15, 0.2) is 0 Å². The highest BCUT2D eigenvalue weighted by molar-refractivity contribution is 5.79. The predicted molar refractivity (Wildman–Crippen MR) is 81.4 cm³/mol. The van der Waals surface area contributed by atoms with Crippen LogP contribution in [0.25, 0.3) is 11.4 Å². The Kier molecular flexibility index (Phi) is 4.01. The lowest BCUT2D eigenvalue weighted by Gasteiger charge is -2.16. The molecule has 1 unspecified atom stereocenters. The Bertz CT molecular complexity index is 604. The first-order chi connectivity index (χ1) is 10.2. The number of hydrogen-bond acceptors (Lipinski definition) is 3. The number of aromatic nitrogens is 2. The number of benzene rings is 1. The van der Waals surface area contributed by atoms with Gasteiger partial charge in [-0.2, -0.15) is 0 Å². The van der Waals surface area contributed by atoms with Crippen LogP contribution in [-0.2, 0) is 11.3 Å². The Morgan fingerprint density at radius 1 is 1.38 bits per heavy atom. The van der Waals surface area contributed by atoms with Crippen LogP contribution in [0.15, 0.2) is 42.7 Å². The van der Waals surface area contributed by atoms with Crippen molar-refractivity contribution < 1.29 is 4.79 Å². The monoisotopic (exact) mass is 284 g/mol. The summed E-state index contributed by atoms with van der Waals surface area (Å²) in [5.74, 6) is 0.647. The van der Waals surface area contributed by atoms with Gasteiger partial charge in [0.2, 0.25) is 5.91 Å². The van der Waals surface area contributed by atoms with Crippen LogP contribution < -0.4 is 11.1 Å². The summed E-state index contributed by atoms with van der Waals surface area (Å²) in [5, 5.41) is 3.30. The highest BCUT2D eigenvalue weighted by Crippen LogP contribution is 2.21. The fourth-order valence-corrected chi connectivity index (χ4v) is 2.45. The molecule has 1 saturated carbocycles. The smallest absolute Gasteiger partial charge is 0.234 e. The van der Waals surface area contributed by atoms with E-state index in [9.17, 15) is 4.79 Å². The van der Waals surface area contributed by atoms with E-state index in [-0.39, 0.29) is 11.9 Å². The first-order valence-corrected chi connectivity index (χ1v) is 7.36. The van der Waals surface area contributed by atoms with Gasteiger partial charge in [-0.05, 0) is 19.3 Å². The maximum Gasteiger partial charge on any atom is 0.234 e. The molecule has 1 aliphatic carbocycles. The van der Waals surface area contributed by atoms with Crippen LogP contribution in [0.1, 0.15) is 19.3 Å². The minimum atomic E-state index is -0.275. The van der Waals surface area contributed by atoms with Crippen molar-refractivity contribution in [1.82, 2.24) is 14.9 Å². The van der Waals surface area contributed by atoms with Crippen molar-refractivity contribution in [3.63, 3.8) is 0 Å². The van der Waals surface area contributed by atoms with E-state index in [2.05, 4.69) is 14.9 Å². The molecule has 0 spiro atoms. The minimum Gasteiger partial charge on any atom is -0.368 e. The summed E-state index contributed by atoms with van der Waals surface area (Å²) in [5.41, 5.74) is 6.55. The van der Waals surface area contributed by atoms with Crippen LogP contribution in [0.4, 0.5) is 0 Å². The second-order valence-corrected chi connectivity index (χ2v) is 5.49. The third-order valence-corrected chi connectivity index (χ3v) is 3.76. The lowest BCUT2D eigenvalue weighted by Crippen LogP contribution is -2.43. The van der Waals surface area contributed by atoms with Crippen molar-refractivity contribution in [1.29, 1.82) is 0 Å². The van der Waals surface area contributed by atoms with E-state index >= 15 is 0 Å². The zero-order valence-corrected chi connectivity index (χ0v) is 11.9. The Morgan fingerprint density at radius 2 is 2.14 bits per heavy atom. The van der Waals surface area contributed by atoms with Gasteiger partial charge in [-0.15, -0.1) is 0 Å². The molecule has 3 N–H and O–H groups in total. The molecule has 1 aromatic carbocycles. The number of imidazole rings is 1. The van der Waals surface area contributed by atoms with E-state index in [0.717, 1.165) is 30.8 Å². The molecule has 1 amide bonds. The fraction of sp³-hybridized carbons (Fsp3) is 0.375. The quantitative estimate of drug-likeness (QED) is 0.810. The summed E-state index contributed by atoms with van der Waals surface area (Å²) in [6.07, 6.45) is 6.70. The zero-order valence-electron chi connectivity index (χ0n) is 11.9.